The van der Waals surface area contributed by atoms with Crippen LogP contribution in [0.1, 0.15) is 11.1 Å². The van der Waals surface area contributed by atoms with Crippen LogP contribution in [-0.2, 0) is 6.61 Å². The van der Waals surface area contributed by atoms with Crippen LogP contribution in [0.4, 0.5) is 4.39 Å². The van der Waals surface area contributed by atoms with E-state index < -0.39 is 0 Å². The van der Waals surface area contributed by atoms with E-state index in [9.17, 15) is 4.39 Å². The first-order valence-corrected chi connectivity index (χ1v) is 5.52. The molecule has 4 heteroatoms. The second-order valence-corrected chi connectivity index (χ2v) is 4.08. The van der Waals surface area contributed by atoms with Crippen molar-refractivity contribution < 1.29 is 9.13 Å². The highest BCUT2D eigenvalue weighted by molar-refractivity contribution is 6.29. The summed E-state index contributed by atoms with van der Waals surface area (Å²) in [6, 6.07) is 8.21. The van der Waals surface area contributed by atoms with Crippen molar-refractivity contribution in [3.8, 4) is 5.75 Å². The molecule has 0 saturated carbocycles. The number of ether oxygens (including phenoxy) is 1. The third kappa shape index (κ3) is 3.17. The summed E-state index contributed by atoms with van der Waals surface area (Å²) in [5, 5.41) is 0.450. The zero-order chi connectivity index (χ0) is 12.3. The fourth-order valence-corrected chi connectivity index (χ4v) is 1.48. The van der Waals surface area contributed by atoms with Gasteiger partial charge in [0.25, 0.3) is 0 Å². The monoisotopic (exact) mass is 251 g/mol. The van der Waals surface area contributed by atoms with Crippen molar-refractivity contribution in [1.82, 2.24) is 4.98 Å². The average Bonchev–Trinajstić information content (AvgIpc) is 2.33. The van der Waals surface area contributed by atoms with E-state index in [1.807, 2.05) is 6.07 Å². The largest absolute Gasteiger partial charge is 0.489 e. The van der Waals surface area contributed by atoms with Crippen LogP contribution in [-0.4, -0.2) is 4.98 Å². The zero-order valence-corrected chi connectivity index (χ0v) is 10.0. The molecule has 0 fully saturated rings. The molecule has 0 saturated heterocycles. The van der Waals surface area contributed by atoms with Gasteiger partial charge in [0.2, 0.25) is 0 Å². The lowest BCUT2D eigenvalue weighted by Gasteiger charge is -2.07. The highest BCUT2D eigenvalue weighted by atomic mass is 35.5. The molecule has 0 atom stereocenters. The van der Waals surface area contributed by atoms with Crippen molar-refractivity contribution in [3.63, 3.8) is 0 Å². The van der Waals surface area contributed by atoms with E-state index in [0.29, 0.717) is 23.1 Å². The van der Waals surface area contributed by atoms with Gasteiger partial charge in [-0.15, -0.1) is 0 Å². The molecule has 88 valence electrons. The van der Waals surface area contributed by atoms with E-state index in [0.717, 1.165) is 5.56 Å². The first kappa shape index (κ1) is 11.9. The molecule has 0 aliphatic carbocycles. The Labute approximate surface area is 104 Å². The first-order valence-electron chi connectivity index (χ1n) is 5.14. The van der Waals surface area contributed by atoms with Crippen molar-refractivity contribution >= 4 is 11.6 Å². The Balaban J connectivity index is 2.02. The molecule has 0 aliphatic heterocycles. The van der Waals surface area contributed by atoms with E-state index in [1.54, 1.807) is 31.3 Å². The van der Waals surface area contributed by atoms with Crippen molar-refractivity contribution in [3.05, 3.63) is 58.6 Å². The minimum atomic E-state index is -0.231. The maximum Gasteiger partial charge on any atom is 0.129 e. The highest BCUT2D eigenvalue weighted by Gasteiger charge is 2.00. The minimum absolute atomic E-state index is 0.231. The molecule has 0 unspecified atom stereocenters. The SMILES string of the molecule is Cc1cc(OCc2ccc(Cl)nc2)ccc1F. The third-order valence-electron chi connectivity index (χ3n) is 2.32. The van der Waals surface area contributed by atoms with Gasteiger partial charge in [-0.1, -0.05) is 17.7 Å². The smallest absolute Gasteiger partial charge is 0.129 e. The number of halogens is 2. The molecule has 1 aromatic heterocycles. The lowest BCUT2D eigenvalue weighted by Crippen LogP contribution is -1.96. The van der Waals surface area contributed by atoms with E-state index in [2.05, 4.69) is 4.98 Å². The van der Waals surface area contributed by atoms with Crippen LogP contribution in [0.5, 0.6) is 5.75 Å². The minimum Gasteiger partial charge on any atom is -0.489 e. The van der Waals surface area contributed by atoms with Crippen molar-refractivity contribution in [2.24, 2.45) is 0 Å². The summed E-state index contributed by atoms with van der Waals surface area (Å²) >= 11 is 5.67. The molecule has 2 rings (SSSR count). The molecule has 17 heavy (non-hydrogen) atoms. The zero-order valence-electron chi connectivity index (χ0n) is 9.28. The molecular formula is C13H11ClFNO. The van der Waals surface area contributed by atoms with Crippen molar-refractivity contribution in [2.45, 2.75) is 13.5 Å². The Morgan fingerprint density at radius 2 is 2.12 bits per heavy atom. The van der Waals surface area contributed by atoms with Crippen LogP contribution >= 0.6 is 11.6 Å². The van der Waals surface area contributed by atoms with Gasteiger partial charge in [0.15, 0.2) is 0 Å². The van der Waals surface area contributed by atoms with E-state index in [-0.39, 0.29) is 5.82 Å². The predicted molar refractivity (Wildman–Crippen MR) is 64.7 cm³/mol. The Kier molecular flexibility index (Phi) is 3.59. The molecule has 0 N–H and O–H groups in total. The first-order chi connectivity index (χ1) is 8.15. The van der Waals surface area contributed by atoms with E-state index in [4.69, 9.17) is 16.3 Å². The number of hydrogen-bond donors (Lipinski definition) is 0. The number of benzene rings is 1. The summed E-state index contributed by atoms with van der Waals surface area (Å²) in [7, 11) is 0. The average molecular weight is 252 g/mol. The van der Waals surface area contributed by atoms with Crippen molar-refractivity contribution in [2.75, 3.05) is 0 Å². The Morgan fingerprint density at radius 1 is 1.29 bits per heavy atom. The fraction of sp³-hybridized carbons (Fsp3) is 0.154. The molecule has 0 spiro atoms. The number of aryl methyl sites for hydroxylation is 1. The van der Waals surface area contributed by atoms with E-state index in [1.165, 1.54) is 6.07 Å². The molecule has 1 aromatic carbocycles. The molecular weight excluding hydrogens is 241 g/mol. The van der Waals surface area contributed by atoms with Crippen LogP contribution in [0.2, 0.25) is 5.15 Å². The standard InChI is InChI=1S/C13H11ClFNO/c1-9-6-11(3-4-12(9)15)17-8-10-2-5-13(14)16-7-10/h2-7H,8H2,1H3. The van der Waals surface area contributed by atoms with Crippen LogP contribution in [0, 0.1) is 12.7 Å². The normalized spacial score (nSPS) is 10.3. The Hall–Kier alpha value is -1.61. The molecule has 0 aliphatic rings. The molecule has 1 heterocycles. The topological polar surface area (TPSA) is 22.1 Å². The highest BCUT2D eigenvalue weighted by Crippen LogP contribution is 2.17. The lowest BCUT2D eigenvalue weighted by atomic mass is 10.2. The maximum absolute atomic E-state index is 13.0. The lowest BCUT2D eigenvalue weighted by molar-refractivity contribution is 0.305. The number of aromatic nitrogens is 1. The van der Waals surface area contributed by atoms with Crippen LogP contribution < -0.4 is 4.74 Å². The number of hydrogen-bond acceptors (Lipinski definition) is 2. The quantitative estimate of drug-likeness (QED) is 0.775. The van der Waals surface area contributed by atoms with Crippen LogP contribution in [0.15, 0.2) is 36.5 Å². The number of pyridine rings is 1. The Bertz CT molecular complexity index is 513. The van der Waals surface area contributed by atoms with Crippen LogP contribution in [0.25, 0.3) is 0 Å². The van der Waals surface area contributed by atoms with Gasteiger partial charge in [0.1, 0.15) is 23.3 Å². The predicted octanol–water partition coefficient (Wildman–Crippen LogP) is 3.76. The number of nitrogens with zero attached hydrogens (tertiary/aromatic N) is 1. The molecule has 2 aromatic rings. The summed E-state index contributed by atoms with van der Waals surface area (Å²) in [6.07, 6.45) is 1.65. The van der Waals surface area contributed by atoms with Gasteiger partial charge in [-0.25, -0.2) is 9.37 Å². The molecule has 0 radical (unpaired) electrons. The maximum atomic E-state index is 13.0. The summed E-state index contributed by atoms with van der Waals surface area (Å²) in [4.78, 5) is 3.95. The van der Waals surface area contributed by atoms with Gasteiger partial charge in [-0.05, 0) is 36.8 Å². The van der Waals surface area contributed by atoms with Crippen LogP contribution in [0.3, 0.4) is 0 Å². The summed E-state index contributed by atoms with van der Waals surface area (Å²) in [5.41, 5.74) is 1.48. The van der Waals surface area contributed by atoms with Gasteiger partial charge >= 0.3 is 0 Å². The summed E-state index contributed by atoms with van der Waals surface area (Å²) in [6.45, 7) is 2.08. The number of rotatable bonds is 3. The summed E-state index contributed by atoms with van der Waals surface area (Å²) in [5.74, 6) is 0.407. The second-order valence-electron chi connectivity index (χ2n) is 3.69. The van der Waals surface area contributed by atoms with Gasteiger partial charge in [-0.2, -0.15) is 0 Å². The molecule has 0 bridgehead atoms. The molecule has 2 nitrogen and oxygen atoms in total. The van der Waals surface area contributed by atoms with Gasteiger partial charge in [0, 0.05) is 11.8 Å². The van der Waals surface area contributed by atoms with E-state index >= 15 is 0 Å². The second kappa shape index (κ2) is 5.15. The fourth-order valence-electron chi connectivity index (χ4n) is 1.37. The summed E-state index contributed by atoms with van der Waals surface area (Å²) < 4.78 is 18.5. The van der Waals surface area contributed by atoms with Gasteiger partial charge < -0.3 is 4.74 Å². The third-order valence-corrected chi connectivity index (χ3v) is 2.55. The Morgan fingerprint density at radius 3 is 2.76 bits per heavy atom. The van der Waals surface area contributed by atoms with Crippen molar-refractivity contribution in [1.29, 1.82) is 0 Å². The van der Waals surface area contributed by atoms with Gasteiger partial charge in [0.05, 0.1) is 0 Å². The van der Waals surface area contributed by atoms with Gasteiger partial charge in [-0.3, -0.25) is 0 Å². The molecule has 0 amide bonds.